The fraction of sp³-hybridized carbons (Fsp3) is 0.250. The number of hydrogen-bond donors (Lipinski definition) is 1. The van der Waals surface area contributed by atoms with Crippen molar-refractivity contribution in [1.82, 2.24) is 4.57 Å². The van der Waals surface area contributed by atoms with E-state index in [-0.39, 0.29) is 12.6 Å². The smallest absolute Gasteiger partial charge is 0.340 e. The lowest BCUT2D eigenvalue weighted by Gasteiger charge is -2.08. The molecule has 4 nitrogen and oxygen atoms in total. The number of hydrogen-bond acceptors (Lipinski definition) is 4. The molecule has 0 radical (unpaired) electrons. The first-order chi connectivity index (χ1) is 12.2. The SMILES string of the molecule is CCOC(=O)c1c(CSc2ccccc2)n(C)c2ccc(CO)cc12. The molecule has 3 rings (SSSR count). The Morgan fingerprint density at radius 1 is 1.20 bits per heavy atom. The van der Waals surface area contributed by atoms with Crippen molar-refractivity contribution in [2.45, 2.75) is 24.2 Å². The largest absolute Gasteiger partial charge is 0.462 e. The maximum absolute atomic E-state index is 12.6. The zero-order chi connectivity index (χ0) is 17.8. The summed E-state index contributed by atoms with van der Waals surface area (Å²) in [4.78, 5) is 13.7. The molecule has 1 aromatic heterocycles. The minimum absolute atomic E-state index is 0.0544. The molecule has 0 atom stereocenters. The van der Waals surface area contributed by atoms with Crippen LogP contribution < -0.4 is 0 Å². The number of carbonyl (C=O) groups excluding carboxylic acids is 1. The number of nitrogens with zero attached hydrogens (tertiary/aromatic N) is 1. The van der Waals surface area contributed by atoms with Gasteiger partial charge in [0.2, 0.25) is 0 Å². The van der Waals surface area contributed by atoms with Gasteiger partial charge in [-0.3, -0.25) is 0 Å². The standard InChI is InChI=1S/C20H21NO3S/c1-3-24-20(23)19-16-11-14(12-22)9-10-17(16)21(2)18(19)13-25-15-7-5-4-6-8-15/h4-11,22H,3,12-13H2,1-2H3. The summed E-state index contributed by atoms with van der Waals surface area (Å²) in [5, 5.41) is 10.3. The Labute approximate surface area is 151 Å². The Hall–Kier alpha value is -2.24. The van der Waals surface area contributed by atoms with Gasteiger partial charge in [-0.25, -0.2) is 4.79 Å². The zero-order valence-corrected chi connectivity index (χ0v) is 15.2. The molecule has 0 saturated heterocycles. The monoisotopic (exact) mass is 355 g/mol. The van der Waals surface area contributed by atoms with E-state index in [0.717, 1.165) is 27.1 Å². The molecule has 0 saturated carbocycles. The molecule has 1 heterocycles. The Balaban J connectivity index is 2.07. The lowest BCUT2D eigenvalue weighted by Crippen LogP contribution is -2.08. The minimum Gasteiger partial charge on any atom is -0.462 e. The van der Waals surface area contributed by atoms with E-state index in [1.54, 1.807) is 18.7 Å². The van der Waals surface area contributed by atoms with Crippen LogP contribution in [0.25, 0.3) is 10.9 Å². The van der Waals surface area contributed by atoms with Crippen LogP contribution >= 0.6 is 11.8 Å². The highest BCUT2D eigenvalue weighted by Gasteiger charge is 2.22. The predicted octanol–water partition coefficient (Wildman–Crippen LogP) is 4.14. The van der Waals surface area contributed by atoms with Gasteiger partial charge in [-0.1, -0.05) is 24.3 Å². The van der Waals surface area contributed by atoms with Gasteiger partial charge in [0.15, 0.2) is 0 Å². The number of aryl methyl sites for hydroxylation is 1. The molecule has 0 bridgehead atoms. The van der Waals surface area contributed by atoms with Gasteiger partial charge in [0.05, 0.1) is 18.8 Å². The van der Waals surface area contributed by atoms with Gasteiger partial charge in [0, 0.05) is 34.3 Å². The molecule has 130 valence electrons. The van der Waals surface area contributed by atoms with Crippen LogP contribution in [0.4, 0.5) is 0 Å². The zero-order valence-electron chi connectivity index (χ0n) is 14.4. The number of aromatic nitrogens is 1. The Bertz CT molecular complexity index is 887. The molecule has 0 aliphatic heterocycles. The lowest BCUT2D eigenvalue weighted by atomic mass is 10.1. The molecular weight excluding hydrogens is 334 g/mol. The number of ether oxygens (including phenoxy) is 1. The highest BCUT2D eigenvalue weighted by atomic mass is 32.2. The third-order valence-electron chi connectivity index (χ3n) is 4.17. The van der Waals surface area contributed by atoms with Crippen LogP contribution in [0, 0.1) is 0 Å². The maximum atomic E-state index is 12.6. The molecule has 0 aliphatic rings. The first kappa shape index (κ1) is 17.6. The molecule has 0 unspecified atom stereocenters. The highest BCUT2D eigenvalue weighted by Crippen LogP contribution is 2.32. The van der Waals surface area contributed by atoms with Crippen molar-refractivity contribution in [3.8, 4) is 0 Å². The molecular formula is C20H21NO3S. The van der Waals surface area contributed by atoms with Crippen LogP contribution in [0.1, 0.15) is 28.5 Å². The van der Waals surface area contributed by atoms with Gasteiger partial charge in [-0.15, -0.1) is 11.8 Å². The third-order valence-corrected chi connectivity index (χ3v) is 5.19. The van der Waals surface area contributed by atoms with E-state index in [4.69, 9.17) is 4.74 Å². The number of fused-ring (bicyclic) bond motifs is 1. The van der Waals surface area contributed by atoms with Gasteiger partial charge in [0.25, 0.3) is 0 Å². The van der Waals surface area contributed by atoms with E-state index in [1.807, 2.05) is 48.0 Å². The van der Waals surface area contributed by atoms with Gasteiger partial charge < -0.3 is 14.4 Å². The van der Waals surface area contributed by atoms with Crippen molar-refractivity contribution in [3.05, 3.63) is 65.4 Å². The molecule has 1 N–H and O–H groups in total. The number of aliphatic hydroxyl groups is 1. The fourth-order valence-corrected chi connectivity index (χ4v) is 3.90. The topological polar surface area (TPSA) is 51.5 Å². The van der Waals surface area contributed by atoms with Crippen LogP contribution in [0.15, 0.2) is 53.4 Å². The number of thioether (sulfide) groups is 1. The first-order valence-corrected chi connectivity index (χ1v) is 9.20. The van der Waals surface area contributed by atoms with Crippen LogP contribution in [-0.4, -0.2) is 22.2 Å². The number of rotatable bonds is 6. The lowest BCUT2D eigenvalue weighted by molar-refractivity contribution is 0.0527. The van der Waals surface area contributed by atoms with E-state index in [1.165, 1.54) is 0 Å². The Morgan fingerprint density at radius 2 is 1.96 bits per heavy atom. The summed E-state index contributed by atoms with van der Waals surface area (Å²) < 4.78 is 7.33. The predicted molar refractivity (Wildman–Crippen MR) is 101 cm³/mol. The van der Waals surface area contributed by atoms with Crippen molar-refractivity contribution in [1.29, 1.82) is 0 Å². The summed E-state index contributed by atoms with van der Waals surface area (Å²) in [5.74, 6) is 0.351. The van der Waals surface area contributed by atoms with E-state index >= 15 is 0 Å². The average Bonchev–Trinajstić information content (AvgIpc) is 2.92. The molecule has 5 heteroatoms. The normalized spacial score (nSPS) is 11.0. The van der Waals surface area contributed by atoms with Crippen LogP contribution in [0.2, 0.25) is 0 Å². The summed E-state index contributed by atoms with van der Waals surface area (Å²) in [6, 6.07) is 15.8. The van der Waals surface area contributed by atoms with Crippen molar-refractivity contribution in [2.75, 3.05) is 6.61 Å². The quantitative estimate of drug-likeness (QED) is 0.533. The number of carbonyl (C=O) groups is 1. The van der Waals surface area contributed by atoms with Crippen LogP contribution in [-0.2, 0) is 24.1 Å². The van der Waals surface area contributed by atoms with Gasteiger partial charge in [0.1, 0.15) is 0 Å². The third kappa shape index (κ3) is 3.57. The van der Waals surface area contributed by atoms with Crippen molar-refractivity contribution < 1.29 is 14.6 Å². The summed E-state index contributed by atoms with van der Waals surface area (Å²) in [6.07, 6.45) is 0. The van der Waals surface area contributed by atoms with E-state index in [2.05, 4.69) is 12.1 Å². The molecule has 0 spiro atoms. The molecule has 0 amide bonds. The number of aliphatic hydroxyl groups excluding tert-OH is 1. The van der Waals surface area contributed by atoms with Gasteiger partial charge in [-0.05, 0) is 36.8 Å². The summed E-state index contributed by atoms with van der Waals surface area (Å²) in [5.41, 5.74) is 3.27. The summed E-state index contributed by atoms with van der Waals surface area (Å²) in [7, 11) is 1.96. The van der Waals surface area contributed by atoms with Gasteiger partial charge in [-0.2, -0.15) is 0 Å². The second-order valence-electron chi connectivity index (χ2n) is 5.71. The van der Waals surface area contributed by atoms with Crippen molar-refractivity contribution in [3.63, 3.8) is 0 Å². The minimum atomic E-state index is -0.313. The van der Waals surface area contributed by atoms with Gasteiger partial charge >= 0.3 is 5.97 Å². The second-order valence-corrected chi connectivity index (χ2v) is 6.76. The van der Waals surface area contributed by atoms with Crippen LogP contribution in [0.5, 0.6) is 0 Å². The van der Waals surface area contributed by atoms with E-state index in [0.29, 0.717) is 17.9 Å². The average molecular weight is 355 g/mol. The Kier molecular flexibility index (Phi) is 5.46. The second kappa shape index (κ2) is 7.76. The van der Waals surface area contributed by atoms with Crippen LogP contribution in [0.3, 0.4) is 0 Å². The molecule has 3 aromatic rings. The number of esters is 1. The molecule has 25 heavy (non-hydrogen) atoms. The first-order valence-electron chi connectivity index (χ1n) is 8.21. The number of benzene rings is 2. The molecule has 2 aromatic carbocycles. The fourth-order valence-electron chi connectivity index (χ4n) is 2.91. The Morgan fingerprint density at radius 3 is 2.64 bits per heavy atom. The summed E-state index contributed by atoms with van der Waals surface area (Å²) >= 11 is 1.68. The molecule has 0 aliphatic carbocycles. The summed E-state index contributed by atoms with van der Waals surface area (Å²) in [6.45, 7) is 2.09. The van der Waals surface area contributed by atoms with Crippen molar-refractivity contribution >= 4 is 28.6 Å². The van der Waals surface area contributed by atoms with E-state index < -0.39 is 0 Å². The maximum Gasteiger partial charge on any atom is 0.340 e. The van der Waals surface area contributed by atoms with Crippen molar-refractivity contribution in [2.24, 2.45) is 7.05 Å². The highest BCUT2D eigenvalue weighted by molar-refractivity contribution is 7.98. The van der Waals surface area contributed by atoms with E-state index in [9.17, 15) is 9.90 Å². The molecule has 0 fully saturated rings.